The highest BCUT2D eigenvalue weighted by Gasteiger charge is 2.23. The van der Waals surface area contributed by atoms with Crippen LogP contribution in [0.3, 0.4) is 0 Å². The first-order valence-corrected chi connectivity index (χ1v) is 19.7. The molecule has 0 amide bonds. The summed E-state index contributed by atoms with van der Waals surface area (Å²) in [6.07, 6.45) is 0. The lowest BCUT2D eigenvalue weighted by atomic mass is 10.1. The zero-order valence-corrected chi connectivity index (χ0v) is 28.5. The first-order chi connectivity index (χ1) is 23.7. The van der Waals surface area contributed by atoms with Gasteiger partial charge in [-0.3, -0.25) is 18.2 Å². The predicted molar refractivity (Wildman–Crippen MR) is 184 cm³/mol. The van der Waals surface area contributed by atoms with Crippen LogP contribution in [0.4, 0.5) is 28.4 Å². The molecule has 51 heavy (non-hydrogen) atoms. The van der Waals surface area contributed by atoms with E-state index in [1.807, 2.05) is 0 Å². The van der Waals surface area contributed by atoms with E-state index in [2.05, 4.69) is 20.5 Å². The maximum atomic E-state index is 12.5. The normalized spacial score (nSPS) is 13.3. The van der Waals surface area contributed by atoms with Crippen LogP contribution in [0, 0.1) is 0 Å². The van der Waals surface area contributed by atoms with Crippen molar-refractivity contribution in [3.05, 3.63) is 91.0 Å². The van der Waals surface area contributed by atoms with Gasteiger partial charge in [0, 0.05) is 32.6 Å². The fraction of sp³-hybridized carbons (Fsp3) is 0. The molecule has 0 fully saturated rings. The van der Waals surface area contributed by atoms with Gasteiger partial charge in [-0.2, -0.15) is 33.7 Å². The second-order valence-corrected chi connectivity index (χ2v) is 16.4. The monoisotopic (exact) mass is 771 g/mol. The lowest BCUT2D eigenvalue weighted by Gasteiger charge is -2.10. The quantitative estimate of drug-likeness (QED) is 0.0624. The third kappa shape index (κ3) is 7.04. The highest BCUT2D eigenvalue weighted by atomic mass is 32.2. The van der Waals surface area contributed by atoms with E-state index in [0.29, 0.717) is 0 Å². The van der Waals surface area contributed by atoms with Crippen LogP contribution in [0.2, 0.25) is 0 Å². The van der Waals surface area contributed by atoms with E-state index in [1.54, 1.807) is 0 Å². The molecule has 6 aromatic rings. The highest BCUT2D eigenvalue weighted by molar-refractivity contribution is 7.86. The van der Waals surface area contributed by atoms with Gasteiger partial charge in [-0.05, 0) is 66.0 Å². The van der Waals surface area contributed by atoms with Crippen LogP contribution < -0.4 is 5.73 Å². The van der Waals surface area contributed by atoms with Gasteiger partial charge in [0.1, 0.15) is 15.5 Å². The molecule has 0 aliphatic carbocycles. The molecule has 0 heterocycles. The van der Waals surface area contributed by atoms with Crippen LogP contribution in [0.5, 0.6) is 0 Å². The van der Waals surface area contributed by atoms with Crippen LogP contribution in [0.25, 0.3) is 32.3 Å². The SMILES string of the molecule is Nc1ccc(N=Nc2ccc(N=Nc3ccc4ccc(S(=O)(=O)O)cc4c3S(=O)(=O)O)c3ccc(S(=O)(=O)O)cc23)c2cccc(S(=O)(=O)O)c12. The summed E-state index contributed by atoms with van der Waals surface area (Å²) in [5.41, 5.74) is 5.74. The molecule has 0 aliphatic heterocycles. The Labute approximate surface area is 288 Å². The number of fused-ring (bicyclic) bond motifs is 3. The van der Waals surface area contributed by atoms with Gasteiger partial charge < -0.3 is 5.73 Å². The molecule has 0 unspecified atom stereocenters. The largest absolute Gasteiger partial charge is 0.398 e. The van der Waals surface area contributed by atoms with Crippen LogP contribution in [-0.4, -0.2) is 51.9 Å². The lowest BCUT2D eigenvalue weighted by molar-refractivity contribution is 0.480. The number of nitrogens with two attached hydrogens (primary N) is 1. The standard InChI is InChI=1S/C30H21N5O12S4/c31-23-9-11-25(20-2-1-3-28(29(20)23)50(42,43)44)33-34-26-13-12-24(19-8-7-18(15-22(19)26)49(39,40)41)32-35-27-10-5-16-4-6-17(48(36,37)38)14-21(16)30(27)51(45,46)47/h1-15H,31H2,(H,36,37,38)(H,39,40,41)(H,42,43,44)(H,45,46,47). The fourth-order valence-corrected chi connectivity index (χ4v) is 7.88. The average Bonchev–Trinajstić information content (AvgIpc) is 3.04. The number of benzene rings is 6. The average molecular weight is 772 g/mol. The molecule has 6 N–H and O–H groups in total. The van der Waals surface area contributed by atoms with Crippen LogP contribution in [-0.2, 0) is 40.5 Å². The summed E-state index contributed by atoms with van der Waals surface area (Å²) in [6, 6.07) is 18.5. The second kappa shape index (κ2) is 12.5. The van der Waals surface area contributed by atoms with E-state index in [4.69, 9.17) is 5.73 Å². The number of hydrogen-bond donors (Lipinski definition) is 5. The van der Waals surface area contributed by atoms with Crippen LogP contribution >= 0.6 is 0 Å². The van der Waals surface area contributed by atoms with Gasteiger partial charge in [0.2, 0.25) is 0 Å². The Morgan fingerprint density at radius 3 is 1.53 bits per heavy atom. The summed E-state index contributed by atoms with van der Waals surface area (Å²) in [6.45, 7) is 0. The van der Waals surface area contributed by atoms with Crippen LogP contribution in [0.1, 0.15) is 0 Å². The Hall–Kier alpha value is -5.26. The van der Waals surface area contributed by atoms with Crippen molar-refractivity contribution in [2.75, 3.05) is 5.73 Å². The number of nitrogens with zero attached hydrogens (tertiary/aromatic N) is 4. The molecule has 0 saturated heterocycles. The van der Waals surface area contributed by atoms with Crippen molar-refractivity contribution < 1.29 is 51.9 Å². The molecule has 21 heteroatoms. The van der Waals surface area contributed by atoms with Crippen molar-refractivity contribution in [2.24, 2.45) is 20.5 Å². The van der Waals surface area contributed by atoms with Gasteiger partial charge >= 0.3 is 0 Å². The molecule has 0 spiro atoms. The van der Waals surface area contributed by atoms with Crippen molar-refractivity contribution in [1.82, 2.24) is 0 Å². The molecule has 262 valence electrons. The van der Waals surface area contributed by atoms with Crippen molar-refractivity contribution in [1.29, 1.82) is 0 Å². The Kier molecular flexibility index (Phi) is 8.72. The van der Waals surface area contributed by atoms with Gasteiger partial charge in [-0.25, -0.2) is 0 Å². The van der Waals surface area contributed by atoms with E-state index >= 15 is 0 Å². The van der Waals surface area contributed by atoms with Crippen molar-refractivity contribution >= 4 is 101 Å². The third-order valence-corrected chi connectivity index (χ3v) is 11.1. The number of azo groups is 2. The summed E-state index contributed by atoms with van der Waals surface area (Å²) in [7, 11) is -19.2. The van der Waals surface area contributed by atoms with Gasteiger partial charge in [-0.15, -0.1) is 20.5 Å². The van der Waals surface area contributed by atoms with Crippen molar-refractivity contribution in [2.45, 2.75) is 19.6 Å². The maximum Gasteiger partial charge on any atom is 0.297 e. The maximum absolute atomic E-state index is 12.5. The molecule has 0 radical (unpaired) electrons. The molecule has 0 aromatic heterocycles. The van der Waals surface area contributed by atoms with Crippen LogP contribution in [0.15, 0.2) is 131 Å². The third-order valence-electron chi connectivity index (χ3n) is 7.54. The van der Waals surface area contributed by atoms with Gasteiger partial charge in [0.05, 0.1) is 26.9 Å². The molecular formula is C30H21N5O12S4. The van der Waals surface area contributed by atoms with Crippen molar-refractivity contribution in [3.8, 4) is 0 Å². The predicted octanol–water partition coefficient (Wildman–Crippen LogP) is 6.55. The number of anilines is 1. The number of rotatable bonds is 8. The molecular weight excluding hydrogens is 751 g/mol. The minimum atomic E-state index is -5.07. The summed E-state index contributed by atoms with van der Waals surface area (Å²) in [5, 5.41) is 16.8. The Bertz CT molecular complexity index is 2990. The smallest absolute Gasteiger partial charge is 0.297 e. The Morgan fingerprint density at radius 1 is 0.451 bits per heavy atom. The first kappa shape index (κ1) is 35.6. The van der Waals surface area contributed by atoms with Gasteiger partial charge in [0.15, 0.2) is 0 Å². The minimum Gasteiger partial charge on any atom is -0.398 e. The second-order valence-electron chi connectivity index (χ2n) is 10.8. The molecule has 6 aromatic carbocycles. The molecule has 0 bridgehead atoms. The molecule has 0 atom stereocenters. The zero-order valence-electron chi connectivity index (χ0n) is 25.2. The Balaban J connectivity index is 1.52. The molecule has 6 rings (SSSR count). The van der Waals surface area contributed by atoms with E-state index in [-0.39, 0.29) is 55.1 Å². The first-order valence-electron chi connectivity index (χ1n) is 13.9. The van der Waals surface area contributed by atoms with E-state index in [9.17, 15) is 51.9 Å². The summed E-state index contributed by atoms with van der Waals surface area (Å²) < 4.78 is 135. The molecule has 0 saturated carbocycles. The van der Waals surface area contributed by atoms with E-state index in [1.165, 1.54) is 60.7 Å². The zero-order chi connectivity index (χ0) is 37.1. The van der Waals surface area contributed by atoms with Gasteiger partial charge in [0.25, 0.3) is 40.5 Å². The van der Waals surface area contributed by atoms with E-state index in [0.717, 1.165) is 30.3 Å². The fourth-order valence-electron chi connectivity index (χ4n) is 5.30. The summed E-state index contributed by atoms with van der Waals surface area (Å²) in [4.78, 5) is -2.46. The molecule has 0 aliphatic rings. The van der Waals surface area contributed by atoms with Gasteiger partial charge in [-0.1, -0.05) is 30.3 Å². The van der Waals surface area contributed by atoms with Crippen molar-refractivity contribution in [3.63, 3.8) is 0 Å². The number of nitrogen functional groups attached to an aromatic ring is 1. The highest BCUT2D eigenvalue weighted by Crippen LogP contribution is 2.40. The molecule has 17 nitrogen and oxygen atoms in total. The Morgan fingerprint density at radius 2 is 0.941 bits per heavy atom. The summed E-state index contributed by atoms with van der Waals surface area (Å²) >= 11 is 0. The van der Waals surface area contributed by atoms with E-state index < -0.39 is 65.7 Å². The minimum absolute atomic E-state index is 0.00892. The lowest BCUT2D eigenvalue weighted by Crippen LogP contribution is -2.02. The number of hydrogen-bond acceptors (Lipinski definition) is 13. The topological polar surface area (TPSA) is 293 Å². The summed E-state index contributed by atoms with van der Waals surface area (Å²) in [5.74, 6) is 0.